The molecule has 1 aliphatic heterocycles. The molecule has 1 atom stereocenters. The van der Waals surface area contributed by atoms with Crippen LogP contribution < -0.4 is 15.0 Å². The van der Waals surface area contributed by atoms with Crippen LogP contribution in [0.3, 0.4) is 0 Å². The van der Waals surface area contributed by atoms with Crippen LogP contribution >= 0.6 is 23.2 Å². The van der Waals surface area contributed by atoms with Crippen molar-refractivity contribution in [3.8, 4) is 17.0 Å². The van der Waals surface area contributed by atoms with E-state index >= 15 is 4.39 Å². The monoisotopic (exact) mass is 579 g/mol. The van der Waals surface area contributed by atoms with Crippen LogP contribution in [0.5, 0.6) is 5.75 Å². The number of aryl methyl sites for hydroxylation is 1. The molecule has 0 unspecified atom stereocenters. The third kappa shape index (κ3) is 4.43. The molecule has 2 amide bonds. The lowest BCUT2D eigenvalue weighted by atomic mass is 9.98. The molecule has 0 spiro atoms. The molecule has 3 aromatic carbocycles. The van der Waals surface area contributed by atoms with Crippen LogP contribution in [0.2, 0.25) is 10.0 Å². The van der Waals surface area contributed by atoms with Gasteiger partial charge in [-0.2, -0.15) is 0 Å². The van der Waals surface area contributed by atoms with Crippen LogP contribution in [0, 0.1) is 12.7 Å². The Morgan fingerprint density at radius 1 is 1.05 bits per heavy atom. The van der Waals surface area contributed by atoms with Gasteiger partial charge in [-0.25, -0.2) is 4.39 Å². The number of carbonyl (C=O) groups is 2. The van der Waals surface area contributed by atoms with E-state index in [0.717, 1.165) is 11.1 Å². The molecule has 6 nitrogen and oxygen atoms in total. The highest BCUT2D eigenvalue weighted by atomic mass is 35.5. The summed E-state index contributed by atoms with van der Waals surface area (Å²) in [7, 11) is 3.13. The van der Waals surface area contributed by atoms with Gasteiger partial charge in [-0.15, -0.1) is 0 Å². The summed E-state index contributed by atoms with van der Waals surface area (Å²) in [5, 5.41) is 3.13. The second kappa shape index (κ2) is 10.6. The van der Waals surface area contributed by atoms with Crippen LogP contribution in [0.25, 0.3) is 11.3 Å². The highest BCUT2D eigenvalue weighted by molar-refractivity contribution is 6.31. The smallest absolute Gasteiger partial charge is 0.261 e. The molecule has 0 radical (unpaired) electrons. The number of amides is 2. The summed E-state index contributed by atoms with van der Waals surface area (Å²) in [6.45, 7) is 5.94. The van der Waals surface area contributed by atoms with Crippen LogP contribution in [-0.2, 0) is 0 Å². The minimum Gasteiger partial charge on any atom is -0.496 e. The number of anilines is 1. The van der Waals surface area contributed by atoms with Gasteiger partial charge in [-0.3, -0.25) is 14.5 Å². The van der Waals surface area contributed by atoms with Gasteiger partial charge in [0, 0.05) is 29.2 Å². The number of nitrogens with zero attached hydrogens (tertiary/aromatic N) is 2. The van der Waals surface area contributed by atoms with E-state index < -0.39 is 11.9 Å². The summed E-state index contributed by atoms with van der Waals surface area (Å²) in [6, 6.07) is 16.3. The summed E-state index contributed by atoms with van der Waals surface area (Å²) < 4.78 is 23.2. The summed E-state index contributed by atoms with van der Waals surface area (Å²) in [4.78, 5) is 28.2. The quantitative estimate of drug-likeness (QED) is 0.255. The van der Waals surface area contributed by atoms with E-state index in [1.54, 1.807) is 56.6 Å². The van der Waals surface area contributed by atoms with Crippen LogP contribution in [0.1, 0.15) is 63.5 Å². The molecule has 206 valence electrons. The Balaban J connectivity index is 1.83. The number of nitrogens with one attached hydrogen (secondary N) is 1. The van der Waals surface area contributed by atoms with Crippen LogP contribution in [-0.4, -0.2) is 30.5 Å². The minimum absolute atomic E-state index is 0.0726. The Hall–Kier alpha value is -3.81. The molecular weight excluding hydrogens is 552 g/mol. The Bertz CT molecular complexity index is 1660. The minimum atomic E-state index is -0.671. The molecule has 4 aromatic rings. The molecule has 1 N–H and O–H groups in total. The number of carbonyl (C=O) groups excluding carboxylic acids is 2. The van der Waals surface area contributed by atoms with Crippen LogP contribution in [0.4, 0.5) is 10.1 Å². The number of fused-ring (bicyclic) bond motifs is 1. The predicted molar refractivity (Wildman–Crippen MR) is 156 cm³/mol. The van der Waals surface area contributed by atoms with Gasteiger partial charge in [-0.1, -0.05) is 35.3 Å². The van der Waals surface area contributed by atoms with Crippen molar-refractivity contribution in [3.63, 3.8) is 0 Å². The number of benzene rings is 3. The van der Waals surface area contributed by atoms with Crippen molar-refractivity contribution >= 4 is 40.7 Å². The molecule has 1 aromatic heterocycles. The van der Waals surface area contributed by atoms with Crippen molar-refractivity contribution in [3.05, 3.63) is 104 Å². The molecular formula is C31H28Cl2FN3O3. The van der Waals surface area contributed by atoms with Crippen molar-refractivity contribution in [2.24, 2.45) is 0 Å². The van der Waals surface area contributed by atoms with Gasteiger partial charge in [0.1, 0.15) is 11.8 Å². The van der Waals surface area contributed by atoms with Gasteiger partial charge >= 0.3 is 0 Å². The van der Waals surface area contributed by atoms with Gasteiger partial charge in [0.05, 0.1) is 34.8 Å². The fourth-order valence-electron chi connectivity index (χ4n) is 5.48. The van der Waals surface area contributed by atoms with Gasteiger partial charge in [0.25, 0.3) is 11.8 Å². The number of rotatable bonds is 6. The van der Waals surface area contributed by atoms with Gasteiger partial charge in [0.15, 0.2) is 5.82 Å². The zero-order valence-corrected chi connectivity index (χ0v) is 24.2. The zero-order valence-electron chi connectivity index (χ0n) is 22.7. The number of halogens is 3. The highest BCUT2D eigenvalue weighted by Crippen LogP contribution is 2.49. The number of ether oxygens (including phenoxy) is 1. The molecule has 0 fully saturated rings. The lowest BCUT2D eigenvalue weighted by Crippen LogP contribution is -2.31. The number of methoxy groups -OCH3 is 1. The van der Waals surface area contributed by atoms with Gasteiger partial charge < -0.3 is 14.6 Å². The maximum Gasteiger partial charge on any atom is 0.261 e. The highest BCUT2D eigenvalue weighted by Gasteiger charge is 2.45. The lowest BCUT2D eigenvalue weighted by Gasteiger charge is -2.30. The molecule has 0 aliphatic carbocycles. The largest absolute Gasteiger partial charge is 0.496 e. The molecule has 5 rings (SSSR count). The third-order valence-electron chi connectivity index (χ3n) is 7.24. The van der Waals surface area contributed by atoms with Gasteiger partial charge in [-0.05, 0) is 80.4 Å². The molecule has 0 saturated heterocycles. The van der Waals surface area contributed by atoms with E-state index in [0.29, 0.717) is 38.9 Å². The predicted octanol–water partition coefficient (Wildman–Crippen LogP) is 7.61. The topological polar surface area (TPSA) is 63.6 Å². The van der Waals surface area contributed by atoms with E-state index in [2.05, 4.69) is 9.88 Å². The summed E-state index contributed by atoms with van der Waals surface area (Å²) in [6.07, 6.45) is 0. The van der Waals surface area contributed by atoms with E-state index in [1.807, 2.05) is 32.9 Å². The summed E-state index contributed by atoms with van der Waals surface area (Å²) in [5.74, 6) is -0.726. The van der Waals surface area contributed by atoms with Crippen molar-refractivity contribution in [2.75, 3.05) is 19.1 Å². The first kappa shape index (κ1) is 27.7. The Kier molecular flexibility index (Phi) is 7.38. The number of hydrogen-bond donors (Lipinski definition) is 1. The third-order valence-corrected chi connectivity index (χ3v) is 7.77. The van der Waals surface area contributed by atoms with Crippen molar-refractivity contribution in [1.82, 2.24) is 9.88 Å². The fraction of sp³-hybridized carbons (Fsp3) is 0.226. The summed E-state index contributed by atoms with van der Waals surface area (Å²) in [5.41, 5.74) is 4.68. The van der Waals surface area contributed by atoms with E-state index in [4.69, 9.17) is 27.9 Å². The molecule has 0 bridgehead atoms. The standard InChI is InChI=1S/C31H28Cl2FN3O3/c1-16(2)36-25(21-14-18(30(38)35-4)9-12-26(21)40-5)15-22-29(36)28(20-11-10-19(32)13-17(20)3)37(31(22)39)24-8-6-7-23(33)27(24)34/h6-16,28H,1-5H3,(H,35,38)/t28-/m0/s1. The van der Waals surface area contributed by atoms with E-state index in [-0.39, 0.29) is 28.6 Å². The first-order valence-corrected chi connectivity index (χ1v) is 13.5. The number of hydrogen-bond acceptors (Lipinski definition) is 3. The molecule has 1 aliphatic rings. The molecule has 0 saturated carbocycles. The molecule has 9 heteroatoms. The first-order chi connectivity index (χ1) is 19.1. The SMILES string of the molecule is CNC(=O)c1ccc(OC)c(-c2cc3c(n2C(C)C)[C@H](c2ccc(Cl)cc2C)N(c2cccc(Cl)c2F)C3=O)c1. The average molecular weight is 580 g/mol. The second-order valence-electron chi connectivity index (χ2n) is 9.94. The Labute approximate surface area is 242 Å². The van der Waals surface area contributed by atoms with E-state index in [1.165, 1.54) is 11.0 Å². The maximum absolute atomic E-state index is 15.5. The van der Waals surface area contributed by atoms with Crippen molar-refractivity contribution in [1.29, 1.82) is 0 Å². The molecule has 40 heavy (non-hydrogen) atoms. The second-order valence-corrected chi connectivity index (χ2v) is 10.8. The van der Waals surface area contributed by atoms with Gasteiger partial charge in [0.2, 0.25) is 0 Å². The Morgan fingerprint density at radius 3 is 2.45 bits per heavy atom. The number of aromatic nitrogens is 1. The van der Waals surface area contributed by atoms with Crippen molar-refractivity contribution < 1.29 is 18.7 Å². The lowest BCUT2D eigenvalue weighted by molar-refractivity contribution is 0.0961. The molecule has 2 heterocycles. The maximum atomic E-state index is 15.5. The summed E-state index contributed by atoms with van der Waals surface area (Å²) >= 11 is 12.5. The average Bonchev–Trinajstić information content (AvgIpc) is 3.45. The van der Waals surface area contributed by atoms with Crippen LogP contribution in [0.15, 0.2) is 60.7 Å². The Morgan fingerprint density at radius 2 is 1.80 bits per heavy atom. The fourth-order valence-corrected chi connectivity index (χ4v) is 5.87. The zero-order chi connectivity index (χ0) is 28.9. The van der Waals surface area contributed by atoms with Crippen molar-refractivity contribution in [2.45, 2.75) is 32.9 Å². The first-order valence-electron chi connectivity index (χ1n) is 12.8. The normalized spacial score (nSPS) is 14.6. The van der Waals surface area contributed by atoms with E-state index in [9.17, 15) is 9.59 Å².